The highest BCUT2D eigenvalue weighted by Crippen LogP contribution is 2.26. The summed E-state index contributed by atoms with van der Waals surface area (Å²) in [4.78, 5) is 39.5. The highest BCUT2D eigenvalue weighted by Gasteiger charge is 2.26. The SMILES string of the molecule is O=C(Cc1ccc2c(c1)CCO2)N1CCN(C(=O)c2ccc(=O)[nH]n2)CC1. The van der Waals surface area contributed by atoms with Crippen molar-refractivity contribution in [2.45, 2.75) is 12.8 Å². The molecule has 0 saturated carbocycles. The molecular weight excluding hydrogens is 348 g/mol. The fourth-order valence-electron chi connectivity index (χ4n) is 3.42. The van der Waals surface area contributed by atoms with Gasteiger partial charge < -0.3 is 14.5 Å². The van der Waals surface area contributed by atoms with Crippen molar-refractivity contribution in [2.75, 3.05) is 32.8 Å². The summed E-state index contributed by atoms with van der Waals surface area (Å²) in [5, 5.41) is 6.04. The van der Waals surface area contributed by atoms with Gasteiger partial charge in [-0.2, -0.15) is 5.10 Å². The van der Waals surface area contributed by atoms with E-state index < -0.39 is 0 Å². The Morgan fingerprint density at radius 3 is 2.59 bits per heavy atom. The van der Waals surface area contributed by atoms with Gasteiger partial charge in [0.2, 0.25) is 5.91 Å². The minimum absolute atomic E-state index is 0.0585. The lowest BCUT2D eigenvalue weighted by atomic mass is 10.1. The highest BCUT2D eigenvalue weighted by molar-refractivity contribution is 5.92. The molecule has 140 valence electrons. The molecule has 1 aromatic carbocycles. The van der Waals surface area contributed by atoms with Crippen LogP contribution in [-0.4, -0.2) is 64.6 Å². The Morgan fingerprint density at radius 2 is 1.85 bits per heavy atom. The number of nitrogens with zero attached hydrogens (tertiary/aromatic N) is 3. The standard InChI is InChI=1S/C19H20N4O4/c24-17-4-2-15(20-21-17)19(26)23-8-6-22(7-9-23)18(25)12-13-1-3-16-14(11-13)5-10-27-16/h1-4,11H,5-10,12H2,(H,21,24). The monoisotopic (exact) mass is 368 g/mol. The predicted octanol–water partition coefficient (Wildman–Crippen LogP) is 0.232. The molecule has 0 bridgehead atoms. The number of carbonyl (C=O) groups is 2. The number of aromatic nitrogens is 2. The van der Waals surface area contributed by atoms with Crippen molar-refractivity contribution in [2.24, 2.45) is 0 Å². The maximum Gasteiger partial charge on any atom is 0.274 e. The number of H-pyrrole nitrogens is 1. The summed E-state index contributed by atoms with van der Waals surface area (Å²) in [6.07, 6.45) is 1.24. The molecule has 0 unspecified atom stereocenters. The van der Waals surface area contributed by atoms with Gasteiger partial charge in [-0.25, -0.2) is 5.10 Å². The van der Waals surface area contributed by atoms with Crippen LogP contribution in [-0.2, 0) is 17.6 Å². The van der Waals surface area contributed by atoms with Crippen molar-refractivity contribution < 1.29 is 14.3 Å². The fraction of sp³-hybridized carbons (Fsp3) is 0.368. The molecule has 8 nitrogen and oxygen atoms in total. The van der Waals surface area contributed by atoms with Gasteiger partial charge in [-0.05, 0) is 23.3 Å². The molecule has 0 atom stereocenters. The molecule has 1 saturated heterocycles. The molecule has 2 aliphatic heterocycles. The Morgan fingerprint density at radius 1 is 1.07 bits per heavy atom. The van der Waals surface area contributed by atoms with Gasteiger partial charge in [-0.3, -0.25) is 14.4 Å². The third kappa shape index (κ3) is 3.69. The molecule has 2 amide bonds. The third-order valence-electron chi connectivity index (χ3n) is 4.93. The van der Waals surface area contributed by atoms with Crippen LogP contribution in [0, 0.1) is 0 Å². The molecule has 2 aromatic rings. The molecule has 0 spiro atoms. The normalized spacial score (nSPS) is 16.0. The quantitative estimate of drug-likeness (QED) is 0.837. The molecule has 1 fully saturated rings. The molecule has 4 rings (SSSR count). The van der Waals surface area contributed by atoms with Crippen LogP contribution < -0.4 is 10.3 Å². The van der Waals surface area contributed by atoms with Crippen molar-refractivity contribution >= 4 is 11.8 Å². The van der Waals surface area contributed by atoms with E-state index in [0.717, 1.165) is 23.3 Å². The molecule has 1 N–H and O–H groups in total. The zero-order chi connectivity index (χ0) is 18.8. The second kappa shape index (κ2) is 7.22. The molecule has 3 heterocycles. The minimum Gasteiger partial charge on any atom is -0.493 e. The number of hydrogen-bond donors (Lipinski definition) is 1. The van der Waals surface area contributed by atoms with Crippen LogP contribution in [0.1, 0.15) is 21.6 Å². The van der Waals surface area contributed by atoms with Gasteiger partial charge in [0, 0.05) is 38.7 Å². The molecule has 0 radical (unpaired) electrons. The van der Waals surface area contributed by atoms with Crippen LogP contribution in [0.4, 0.5) is 0 Å². The van der Waals surface area contributed by atoms with E-state index in [2.05, 4.69) is 10.2 Å². The van der Waals surface area contributed by atoms with Crippen molar-refractivity contribution in [3.05, 3.63) is 57.5 Å². The maximum absolute atomic E-state index is 12.6. The second-order valence-corrected chi connectivity index (χ2v) is 6.70. The lowest BCUT2D eigenvalue weighted by molar-refractivity contribution is -0.131. The summed E-state index contributed by atoms with van der Waals surface area (Å²) in [6.45, 7) is 2.57. The van der Waals surface area contributed by atoms with Gasteiger partial charge in [0.1, 0.15) is 11.4 Å². The number of carbonyl (C=O) groups excluding carboxylic acids is 2. The van der Waals surface area contributed by atoms with Gasteiger partial charge in [0.15, 0.2) is 0 Å². The Hall–Kier alpha value is -3.16. The first-order valence-electron chi connectivity index (χ1n) is 8.97. The average molecular weight is 368 g/mol. The lowest BCUT2D eigenvalue weighted by Gasteiger charge is -2.34. The maximum atomic E-state index is 12.6. The van der Waals surface area contributed by atoms with E-state index in [1.165, 1.54) is 12.1 Å². The van der Waals surface area contributed by atoms with Gasteiger partial charge in [-0.1, -0.05) is 12.1 Å². The first-order valence-corrected chi connectivity index (χ1v) is 8.97. The summed E-state index contributed by atoms with van der Waals surface area (Å²) < 4.78 is 5.49. The molecule has 1 aromatic heterocycles. The number of nitrogens with one attached hydrogen (secondary N) is 1. The summed E-state index contributed by atoms with van der Waals surface area (Å²) >= 11 is 0. The summed E-state index contributed by atoms with van der Waals surface area (Å²) in [5.74, 6) is 0.731. The number of amides is 2. The van der Waals surface area contributed by atoms with Gasteiger partial charge >= 0.3 is 0 Å². The lowest BCUT2D eigenvalue weighted by Crippen LogP contribution is -2.51. The average Bonchev–Trinajstić information content (AvgIpc) is 3.16. The molecule has 27 heavy (non-hydrogen) atoms. The first-order chi connectivity index (χ1) is 13.1. The Labute approximate surface area is 155 Å². The predicted molar refractivity (Wildman–Crippen MR) is 96.7 cm³/mol. The van der Waals surface area contributed by atoms with Crippen LogP contribution >= 0.6 is 0 Å². The van der Waals surface area contributed by atoms with Crippen LogP contribution in [0.5, 0.6) is 5.75 Å². The van der Waals surface area contributed by atoms with Gasteiger partial charge in [-0.15, -0.1) is 0 Å². The molecule has 2 aliphatic rings. The van der Waals surface area contributed by atoms with Crippen LogP contribution in [0.25, 0.3) is 0 Å². The van der Waals surface area contributed by atoms with Crippen molar-refractivity contribution in [3.63, 3.8) is 0 Å². The van der Waals surface area contributed by atoms with E-state index in [-0.39, 0.29) is 23.1 Å². The number of benzene rings is 1. The van der Waals surface area contributed by atoms with Gasteiger partial charge in [0.05, 0.1) is 13.0 Å². The fourth-order valence-corrected chi connectivity index (χ4v) is 3.42. The van der Waals surface area contributed by atoms with E-state index in [9.17, 15) is 14.4 Å². The summed E-state index contributed by atoms with van der Waals surface area (Å²) in [5.41, 5.74) is 2.00. The topological polar surface area (TPSA) is 95.6 Å². The van der Waals surface area contributed by atoms with E-state index in [1.54, 1.807) is 9.80 Å². The van der Waals surface area contributed by atoms with E-state index in [0.29, 0.717) is 39.2 Å². The minimum atomic E-state index is -0.347. The van der Waals surface area contributed by atoms with Crippen molar-refractivity contribution in [1.29, 1.82) is 0 Å². The first kappa shape index (κ1) is 17.3. The summed E-state index contributed by atoms with van der Waals surface area (Å²) in [6, 6.07) is 8.60. The van der Waals surface area contributed by atoms with Crippen LogP contribution in [0.3, 0.4) is 0 Å². The Kier molecular flexibility index (Phi) is 4.62. The van der Waals surface area contributed by atoms with Crippen molar-refractivity contribution in [3.8, 4) is 5.75 Å². The molecular formula is C19H20N4O4. The number of rotatable bonds is 3. The highest BCUT2D eigenvalue weighted by atomic mass is 16.5. The number of ether oxygens (including phenoxy) is 1. The molecule has 0 aliphatic carbocycles. The van der Waals surface area contributed by atoms with E-state index in [4.69, 9.17) is 4.74 Å². The third-order valence-corrected chi connectivity index (χ3v) is 4.93. The smallest absolute Gasteiger partial charge is 0.274 e. The van der Waals surface area contributed by atoms with E-state index >= 15 is 0 Å². The van der Waals surface area contributed by atoms with Crippen LogP contribution in [0.2, 0.25) is 0 Å². The van der Waals surface area contributed by atoms with Gasteiger partial charge in [0.25, 0.3) is 11.5 Å². The Balaban J connectivity index is 1.33. The van der Waals surface area contributed by atoms with Crippen LogP contribution in [0.15, 0.2) is 35.1 Å². The number of piperazine rings is 1. The zero-order valence-electron chi connectivity index (χ0n) is 14.8. The number of hydrogen-bond acceptors (Lipinski definition) is 5. The van der Waals surface area contributed by atoms with E-state index in [1.807, 2.05) is 18.2 Å². The largest absolute Gasteiger partial charge is 0.493 e. The Bertz CT molecular complexity index is 911. The molecule has 8 heteroatoms. The van der Waals surface area contributed by atoms with Crippen molar-refractivity contribution in [1.82, 2.24) is 20.0 Å². The number of aromatic amines is 1. The summed E-state index contributed by atoms with van der Waals surface area (Å²) in [7, 11) is 0. The zero-order valence-corrected chi connectivity index (χ0v) is 14.8. The second-order valence-electron chi connectivity index (χ2n) is 6.70. The number of fused-ring (bicyclic) bond motifs is 1.